The van der Waals surface area contributed by atoms with Crippen LogP contribution in [-0.4, -0.2) is 29.0 Å². The maximum Gasteiger partial charge on any atom is 0.191 e. The van der Waals surface area contributed by atoms with Gasteiger partial charge in [-0.15, -0.1) is 0 Å². The normalized spacial score (nSPS) is 12.7. The molecule has 4 nitrogen and oxygen atoms in total. The Morgan fingerprint density at radius 2 is 1.79 bits per heavy atom. The topological polar surface area (TPSA) is 53.5 Å². The fourth-order valence-corrected chi connectivity index (χ4v) is 3.04. The second kappa shape index (κ2) is 9.82. The number of halogens is 1. The summed E-state index contributed by atoms with van der Waals surface area (Å²) >= 11 is 0. The molecule has 0 bridgehead atoms. The van der Waals surface area contributed by atoms with Crippen molar-refractivity contribution in [2.24, 2.45) is 4.99 Å². The molecule has 2 N–H and O–H groups in total. The summed E-state index contributed by atoms with van der Waals surface area (Å²) in [6, 6.07) is 15.7. The molecule has 2 aromatic carbocycles. The summed E-state index contributed by atoms with van der Waals surface area (Å²) in [6.07, 6.45) is 0. The number of hydrogen-bond donors (Lipinski definition) is 2. The van der Waals surface area contributed by atoms with E-state index in [9.17, 15) is 8.60 Å². The number of aliphatic imine (C=N–C) groups is 1. The van der Waals surface area contributed by atoms with E-state index in [2.05, 4.69) is 15.6 Å². The quantitative estimate of drug-likeness (QED) is 0.598. The molecule has 0 aliphatic heterocycles. The van der Waals surface area contributed by atoms with Gasteiger partial charge in [0.1, 0.15) is 5.82 Å². The lowest BCUT2D eigenvalue weighted by Gasteiger charge is -2.11. The first-order valence-corrected chi connectivity index (χ1v) is 9.21. The average molecular weight is 347 g/mol. The van der Waals surface area contributed by atoms with E-state index in [1.165, 1.54) is 12.1 Å². The number of hydrogen-bond acceptors (Lipinski definition) is 2. The zero-order valence-corrected chi connectivity index (χ0v) is 14.5. The second-order valence-electron chi connectivity index (χ2n) is 5.11. The summed E-state index contributed by atoms with van der Waals surface area (Å²) in [5.74, 6) is 0.911. The number of rotatable bonds is 7. The van der Waals surface area contributed by atoms with Crippen molar-refractivity contribution < 1.29 is 8.60 Å². The van der Waals surface area contributed by atoms with E-state index in [4.69, 9.17) is 0 Å². The van der Waals surface area contributed by atoms with Crippen molar-refractivity contribution in [1.82, 2.24) is 10.6 Å². The predicted molar refractivity (Wildman–Crippen MR) is 96.9 cm³/mol. The summed E-state index contributed by atoms with van der Waals surface area (Å²) in [6.45, 7) is 3.72. The minimum Gasteiger partial charge on any atom is -0.357 e. The zero-order chi connectivity index (χ0) is 17.2. The Balaban J connectivity index is 1.85. The molecule has 0 aliphatic rings. The van der Waals surface area contributed by atoms with Crippen LogP contribution in [0.5, 0.6) is 0 Å². The Labute approximate surface area is 144 Å². The molecule has 1 unspecified atom stereocenters. The van der Waals surface area contributed by atoms with Crippen LogP contribution in [0.1, 0.15) is 12.5 Å². The van der Waals surface area contributed by atoms with Gasteiger partial charge >= 0.3 is 0 Å². The molecule has 0 radical (unpaired) electrons. The lowest BCUT2D eigenvalue weighted by Crippen LogP contribution is -2.39. The van der Waals surface area contributed by atoms with Crippen LogP contribution in [0.3, 0.4) is 0 Å². The van der Waals surface area contributed by atoms with Crippen molar-refractivity contribution in [2.75, 3.05) is 18.8 Å². The molecule has 0 spiro atoms. The molecule has 0 saturated carbocycles. The highest BCUT2D eigenvalue weighted by Gasteiger charge is 2.04. The molecule has 24 heavy (non-hydrogen) atoms. The number of nitrogens with zero attached hydrogens (tertiary/aromatic N) is 1. The summed E-state index contributed by atoms with van der Waals surface area (Å²) in [7, 11) is -1.03. The number of nitrogens with one attached hydrogen (secondary N) is 2. The average Bonchev–Trinajstić information content (AvgIpc) is 2.61. The monoisotopic (exact) mass is 347 g/mol. The molecule has 2 rings (SSSR count). The van der Waals surface area contributed by atoms with Gasteiger partial charge in [0.25, 0.3) is 0 Å². The lowest BCUT2D eigenvalue weighted by atomic mass is 10.2. The van der Waals surface area contributed by atoms with Gasteiger partial charge < -0.3 is 10.6 Å². The summed E-state index contributed by atoms with van der Waals surface area (Å²) in [4.78, 5) is 5.28. The van der Waals surface area contributed by atoms with Crippen molar-refractivity contribution in [1.29, 1.82) is 0 Å². The maximum absolute atomic E-state index is 12.9. The molecule has 0 aliphatic carbocycles. The van der Waals surface area contributed by atoms with Gasteiger partial charge in [-0.25, -0.2) is 9.38 Å². The van der Waals surface area contributed by atoms with Crippen molar-refractivity contribution in [3.8, 4) is 0 Å². The van der Waals surface area contributed by atoms with E-state index in [0.717, 1.165) is 17.0 Å². The molecule has 0 aromatic heterocycles. The van der Waals surface area contributed by atoms with Crippen molar-refractivity contribution in [2.45, 2.75) is 18.4 Å². The van der Waals surface area contributed by atoms with E-state index in [1.54, 1.807) is 12.1 Å². The fraction of sp³-hybridized carbons (Fsp3) is 0.278. The van der Waals surface area contributed by atoms with Gasteiger partial charge in [0.2, 0.25) is 0 Å². The molecule has 0 saturated heterocycles. The van der Waals surface area contributed by atoms with Crippen LogP contribution in [0.25, 0.3) is 0 Å². The first kappa shape index (κ1) is 18.1. The largest absolute Gasteiger partial charge is 0.357 e. The molecule has 128 valence electrons. The van der Waals surface area contributed by atoms with Gasteiger partial charge in [-0.1, -0.05) is 30.3 Å². The van der Waals surface area contributed by atoms with Crippen LogP contribution >= 0.6 is 0 Å². The third kappa shape index (κ3) is 6.12. The first-order chi connectivity index (χ1) is 11.7. The van der Waals surface area contributed by atoms with Crippen molar-refractivity contribution in [3.05, 3.63) is 66.0 Å². The standard InChI is InChI=1S/C18H22FN3OS/c1-2-20-18(22-14-15-8-10-16(19)11-9-15)21-12-13-24(23)17-6-4-3-5-7-17/h3-11H,2,12-14H2,1H3,(H2,20,21,22). The molecule has 0 amide bonds. The number of guanidine groups is 1. The zero-order valence-electron chi connectivity index (χ0n) is 13.7. The molecular weight excluding hydrogens is 325 g/mol. The minimum absolute atomic E-state index is 0.254. The third-order valence-electron chi connectivity index (χ3n) is 3.26. The van der Waals surface area contributed by atoms with Crippen molar-refractivity contribution in [3.63, 3.8) is 0 Å². The highest BCUT2D eigenvalue weighted by Crippen LogP contribution is 2.05. The minimum atomic E-state index is -1.03. The van der Waals surface area contributed by atoms with Crippen LogP contribution in [0, 0.1) is 5.82 Å². The Bertz CT molecular complexity index is 674. The Kier molecular flexibility index (Phi) is 7.42. The van der Waals surface area contributed by atoms with E-state index in [0.29, 0.717) is 24.8 Å². The van der Waals surface area contributed by atoms with Gasteiger partial charge in [0, 0.05) is 23.7 Å². The van der Waals surface area contributed by atoms with Crippen molar-refractivity contribution >= 4 is 16.8 Å². The predicted octanol–water partition coefficient (Wildman–Crippen LogP) is 2.69. The molecule has 0 fully saturated rings. The van der Waals surface area contributed by atoms with Gasteiger partial charge in [0.05, 0.1) is 17.3 Å². The van der Waals surface area contributed by atoms with E-state index in [-0.39, 0.29) is 5.82 Å². The fourth-order valence-electron chi connectivity index (χ4n) is 2.05. The first-order valence-electron chi connectivity index (χ1n) is 7.89. The Morgan fingerprint density at radius 1 is 1.08 bits per heavy atom. The van der Waals surface area contributed by atoms with E-state index < -0.39 is 10.8 Å². The lowest BCUT2D eigenvalue weighted by molar-refractivity contribution is 0.627. The summed E-state index contributed by atoms with van der Waals surface area (Å²) in [5.41, 5.74) is 0.932. The summed E-state index contributed by atoms with van der Waals surface area (Å²) in [5, 5.41) is 6.32. The SMILES string of the molecule is CCNC(=NCc1ccc(F)cc1)NCCS(=O)c1ccccc1. The van der Waals surface area contributed by atoms with E-state index >= 15 is 0 Å². The van der Waals surface area contributed by atoms with Crippen LogP contribution < -0.4 is 10.6 Å². The van der Waals surface area contributed by atoms with Gasteiger partial charge in [-0.05, 0) is 36.8 Å². The third-order valence-corrected chi connectivity index (χ3v) is 4.64. The van der Waals surface area contributed by atoms with Crippen LogP contribution in [0.15, 0.2) is 64.5 Å². The number of benzene rings is 2. The summed E-state index contributed by atoms with van der Waals surface area (Å²) < 4.78 is 25.1. The Hall–Kier alpha value is -2.21. The Morgan fingerprint density at radius 3 is 2.46 bits per heavy atom. The highest BCUT2D eigenvalue weighted by atomic mass is 32.2. The van der Waals surface area contributed by atoms with Crippen LogP contribution in [0.2, 0.25) is 0 Å². The molecular formula is C18H22FN3OS. The van der Waals surface area contributed by atoms with Gasteiger partial charge in [-0.3, -0.25) is 4.21 Å². The van der Waals surface area contributed by atoms with Gasteiger partial charge in [0.15, 0.2) is 5.96 Å². The van der Waals surface area contributed by atoms with E-state index in [1.807, 2.05) is 37.3 Å². The molecule has 6 heteroatoms. The highest BCUT2D eigenvalue weighted by molar-refractivity contribution is 7.85. The van der Waals surface area contributed by atoms with Gasteiger partial charge in [-0.2, -0.15) is 0 Å². The molecule has 2 aromatic rings. The second-order valence-corrected chi connectivity index (χ2v) is 6.68. The molecule has 1 atom stereocenters. The van der Waals surface area contributed by atoms with Crippen LogP contribution in [0.4, 0.5) is 4.39 Å². The van der Waals surface area contributed by atoms with Crippen LogP contribution in [-0.2, 0) is 17.3 Å². The maximum atomic E-state index is 12.9. The molecule has 0 heterocycles. The smallest absolute Gasteiger partial charge is 0.191 e.